The van der Waals surface area contributed by atoms with E-state index in [0.717, 1.165) is 6.42 Å². The van der Waals surface area contributed by atoms with Crippen molar-refractivity contribution in [2.75, 3.05) is 7.05 Å². The topological polar surface area (TPSA) is 62.5 Å². The first-order valence-electron chi connectivity index (χ1n) is 7.33. The predicted molar refractivity (Wildman–Crippen MR) is 84.5 cm³/mol. The summed E-state index contributed by atoms with van der Waals surface area (Å²) in [6.45, 7) is 10.5. The van der Waals surface area contributed by atoms with Crippen LogP contribution in [-0.2, 0) is 23.2 Å². The number of aliphatic hydroxyl groups is 1. The summed E-state index contributed by atoms with van der Waals surface area (Å²) >= 11 is 0. The zero-order valence-electron chi connectivity index (χ0n) is 13.9. The average Bonchev–Trinajstić information content (AvgIpc) is 2.80. The maximum absolute atomic E-state index is 12.7. The van der Waals surface area contributed by atoms with Crippen LogP contribution in [0.1, 0.15) is 46.7 Å². The van der Waals surface area contributed by atoms with E-state index in [1.165, 1.54) is 4.31 Å². The lowest BCUT2D eigenvalue weighted by molar-refractivity contribution is 0.216. The molecule has 1 atom stereocenters. The first kappa shape index (κ1) is 18.2. The second-order valence-corrected chi connectivity index (χ2v) is 8.58. The Morgan fingerprint density at radius 1 is 1.38 bits per heavy atom. The third kappa shape index (κ3) is 3.87. The van der Waals surface area contributed by atoms with Crippen LogP contribution in [-0.4, -0.2) is 35.5 Å². The molecule has 0 radical (unpaired) electrons. The second-order valence-electron chi connectivity index (χ2n) is 6.58. The van der Waals surface area contributed by atoms with Gasteiger partial charge < -0.3 is 9.67 Å². The lowest BCUT2D eigenvalue weighted by atomic mass is 9.88. The Balaban J connectivity index is 3.19. The van der Waals surface area contributed by atoms with E-state index in [2.05, 4.69) is 0 Å². The molecule has 0 aliphatic rings. The van der Waals surface area contributed by atoms with Crippen LogP contribution in [0.2, 0.25) is 0 Å². The summed E-state index contributed by atoms with van der Waals surface area (Å²) in [6, 6.07) is 1.44. The first-order valence-corrected chi connectivity index (χ1v) is 8.77. The van der Waals surface area contributed by atoms with Gasteiger partial charge in [0.1, 0.15) is 4.90 Å². The fourth-order valence-corrected chi connectivity index (χ4v) is 3.78. The highest BCUT2D eigenvalue weighted by Gasteiger charge is 2.33. The Bertz CT molecular complexity index is 570. The molecule has 5 nitrogen and oxygen atoms in total. The highest BCUT2D eigenvalue weighted by molar-refractivity contribution is 7.89. The highest BCUT2D eigenvalue weighted by Crippen LogP contribution is 2.28. The van der Waals surface area contributed by atoms with Crippen LogP contribution in [0.25, 0.3) is 0 Å². The van der Waals surface area contributed by atoms with Gasteiger partial charge in [-0.15, -0.1) is 0 Å². The fourth-order valence-electron chi connectivity index (χ4n) is 2.17. The summed E-state index contributed by atoms with van der Waals surface area (Å²) in [7, 11) is -1.94. The van der Waals surface area contributed by atoms with Gasteiger partial charge in [-0.25, -0.2) is 8.42 Å². The fraction of sp³-hybridized carbons (Fsp3) is 0.733. The Hall–Kier alpha value is -0.850. The second kappa shape index (κ2) is 6.50. The maximum Gasteiger partial charge on any atom is 0.244 e. The average molecular weight is 316 g/mol. The van der Waals surface area contributed by atoms with Gasteiger partial charge in [0, 0.05) is 31.5 Å². The molecule has 0 bridgehead atoms. The van der Waals surface area contributed by atoms with Crippen molar-refractivity contribution in [2.45, 2.75) is 65.1 Å². The molecule has 0 spiro atoms. The number of hydrogen-bond donors (Lipinski definition) is 1. The van der Waals surface area contributed by atoms with Gasteiger partial charge in [-0.2, -0.15) is 4.31 Å². The quantitative estimate of drug-likeness (QED) is 0.877. The molecular weight excluding hydrogens is 288 g/mol. The molecule has 0 aliphatic heterocycles. The number of sulfonamides is 1. The molecule has 0 fully saturated rings. The minimum absolute atomic E-state index is 0.130. The molecule has 0 saturated heterocycles. The minimum atomic E-state index is -3.55. The van der Waals surface area contributed by atoms with Gasteiger partial charge in [0.25, 0.3) is 0 Å². The summed E-state index contributed by atoms with van der Waals surface area (Å²) < 4.78 is 28.7. The van der Waals surface area contributed by atoms with E-state index in [-0.39, 0.29) is 23.0 Å². The van der Waals surface area contributed by atoms with E-state index in [4.69, 9.17) is 0 Å². The molecular formula is C15H28N2O3S. The van der Waals surface area contributed by atoms with Gasteiger partial charge in [-0.3, -0.25) is 0 Å². The van der Waals surface area contributed by atoms with Crippen LogP contribution in [0.15, 0.2) is 17.2 Å². The third-order valence-electron chi connectivity index (χ3n) is 4.06. The van der Waals surface area contributed by atoms with E-state index >= 15 is 0 Å². The molecule has 122 valence electrons. The highest BCUT2D eigenvalue weighted by atomic mass is 32.2. The van der Waals surface area contributed by atoms with Crippen LogP contribution in [0.3, 0.4) is 0 Å². The van der Waals surface area contributed by atoms with Gasteiger partial charge in [0.15, 0.2) is 0 Å². The zero-order valence-corrected chi connectivity index (χ0v) is 14.7. The van der Waals surface area contributed by atoms with E-state index < -0.39 is 10.0 Å². The third-order valence-corrected chi connectivity index (χ3v) is 5.96. The standard InChI is InChI=1S/C15H28N2O3S/c1-7-8-17-10-14(9-13(17)11-18)21(19,20)16(6)12(2)15(3,4)5/h9-10,12,18H,7-8,11H2,1-6H3. The van der Waals surface area contributed by atoms with Crippen LogP contribution in [0, 0.1) is 5.41 Å². The summed E-state index contributed by atoms with van der Waals surface area (Å²) in [6.07, 6.45) is 2.51. The van der Waals surface area contributed by atoms with Crippen molar-refractivity contribution < 1.29 is 13.5 Å². The molecule has 0 aliphatic carbocycles. The van der Waals surface area contributed by atoms with Crippen LogP contribution >= 0.6 is 0 Å². The Morgan fingerprint density at radius 3 is 2.38 bits per heavy atom. The molecule has 21 heavy (non-hydrogen) atoms. The maximum atomic E-state index is 12.7. The molecule has 0 aromatic carbocycles. The van der Waals surface area contributed by atoms with Gasteiger partial charge in [-0.1, -0.05) is 27.7 Å². The normalized spacial score (nSPS) is 14.7. The molecule has 1 aromatic rings. The molecule has 1 rings (SSSR count). The summed E-state index contributed by atoms with van der Waals surface area (Å²) in [5.41, 5.74) is 0.486. The summed E-state index contributed by atoms with van der Waals surface area (Å²) in [4.78, 5) is 0.249. The molecule has 0 saturated carbocycles. The van der Waals surface area contributed by atoms with Gasteiger partial charge >= 0.3 is 0 Å². The zero-order chi connectivity index (χ0) is 16.4. The molecule has 0 amide bonds. The molecule has 1 heterocycles. The summed E-state index contributed by atoms with van der Waals surface area (Å²) in [5.74, 6) is 0. The number of aryl methyl sites for hydroxylation is 1. The van der Waals surface area contributed by atoms with Crippen molar-refractivity contribution in [3.63, 3.8) is 0 Å². The van der Waals surface area contributed by atoms with Gasteiger partial charge in [0.05, 0.1) is 6.61 Å². The lowest BCUT2D eigenvalue weighted by Gasteiger charge is -2.34. The van der Waals surface area contributed by atoms with Crippen LogP contribution < -0.4 is 0 Å². The molecule has 1 unspecified atom stereocenters. The molecule has 1 N–H and O–H groups in total. The van der Waals surface area contributed by atoms with E-state index in [0.29, 0.717) is 12.2 Å². The van der Waals surface area contributed by atoms with Gasteiger partial charge in [0.2, 0.25) is 10.0 Å². The van der Waals surface area contributed by atoms with Crippen molar-refractivity contribution in [3.05, 3.63) is 18.0 Å². The van der Waals surface area contributed by atoms with E-state index in [1.54, 1.807) is 19.3 Å². The van der Waals surface area contributed by atoms with Crippen molar-refractivity contribution in [2.24, 2.45) is 5.41 Å². The number of nitrogens with zero attached hydrogens (tertiary/aromatic N) is 2. The van der Waals surface area contributed by atoms with Crippen LogP contribution in [0.4, 0.5) is 0 Å². The van der Waals surface area contributed by atoms with Crippen LogP contribution in [0.5, 0.6) is 0 Å². The Labute approximate surface area is 128 Å². The van der Waals surface area contributed by atoms with Crippen molar-refractivity contribution in [1.82, 2.24) is 8.87 Å². The Kier molecular flexibility index (Phi) is 5.63. The number of aromatic nitrogens is 1. The van der Waals surface area contributed by atoms with Crippen molar-refractivity contribution in [3.8, 4) is 0 Å². The first-order chi connectivity index (χ1) is 9.55. The van der Waals surface area contributed by atoms with Crippen molar-refractivity contribution >= 4 is 10.0 Å². The smallest absolute Gasteiger partial charge is 0.244 e. The number of rotatable bonds is 6. The number of hydrogen-bond acceptors (Lipinski definition) is 3. The lowest BCUT2D eigenvalue weighted by Crippen LogP contribution is -2.42. The van der Waals surface area contributed by atoms with Gasteiger partial charge in [-0.05, 0) is 24.8 Å². The molecule has 1 aromatic heterocycles. The van der Waals surface area contributed by atoms with Crippen molar-refractivity contribution in [1.29, 1.82) is 0 Å². The minimum Gasteiger partial charge on any atom is -0.390 e. The predicted octanol–water partition coefficient (Wildman–Crippen LogP) is 2.45. The SMILES string of the molecule is CCCn1cc(S(=O)(=O)N(C)C(C)C(C)(C)C)cc1CO. The Morgan fingerprint density at radius 2 is 1.95 bits per heavy atom. The molecule has 6 heteroatoms. The largest absolute Gasteiger partial charge is 0.390 e. The van der Waals surface area contributed by atoms with E-state index in [1.807, 2.05) is 39.2 Å². The monoisotopic (exact) mass is 316 g/mol. The van der Waals surface area contributed by atoms with E-state index in [9.17, 15) is 13.5 Å². The summed E-state index contributed by atoms with van der Waals surface area (Å²) in [5, 5.41) is 9.37. The number of aliphatic hydroxyl groups excluding tert-OH is 1.